The van der Waals surface area contributed by atoms with Gasteiger partial charge in [0.25, 0.3) is 11.7 Å². The van der Waals surface area contributed by atoms with Crippen LogP contribution in [0.4, 0.5) is 11.4 Å². The van der Waals surface area contributed by atoms with Gasteiger partial charge in [-0.1, -0.05) is 30.3 Å². The number of hydrogen-bond acceptors (Lipinski definition) is 4. The van der Waals surface area contributed by atoms with Gasteiger partial charge in [0, 0.05) is 41.7 Å². The molecule has 0 spiro atoms. The number of nitrogens with zero attached hydrogens (tertiary/aromatic N) is 2. The minimum atomic E-state index is -0.659. The van der Waals surface area contributed by atoms with Gasteiger partial charge in [0.15, 0.2) is 0 Å². The minimum Gasteiger partial charge on any atom is -0.378 e. The van der Waals surface area contributed by atoms with Gasteiger partial charge >= 0.3 is 0 Å². The van der Waals surface area contributed by atoms with E-state index in [9.17, 15) is 9.59 Å². The van der Waals surface area contributed by atoms with Crippen LogP contribution < -0.4 is 10.2 Å². The Kier molecular flexibility index (Phi) is 5.67. The van der Waals surface area contributed by atoms with Gasteiger partial charge in [-0.15, -0.1) is 0 Å². The van der Waals surface area contributed by atoms with E-state index in [1.165, 1.54) is 0 Å². The molecule has 1 N–H and O–H groups in total. The van der Waals surface area contributed by atoms with Gasteiger partial charge in [0.1, 0.15) is 5.69 Å². The summed E-state index contributed by atoms with van der Waals surface area (Å²) in [6.07, 6.45) is 1.81. The molecule has 33 heavy (non-hydrogen) atoms. The Morgan fingerprint density at radius 3 is 2.36 bits per heavy atom. The van der Waals surface area contributed by atoms with Crippen LogP contribution >= 0.6 is 0 Å². The number of benzene rings is 2. The monoisotopic (exact) mass is 439 g/mol. The zero-order valence-electron chi connectivity index (χ0n) is 18.5. The highest BCUT2D eigenvalue weighted by atomic mass is 16.5. The van der Waals surface area contributed by atoms with Gasteiger partial charge in [0.05, 0.1) is 13.2 Å². The lowest BCUT2D eigenvalue weighted by Gasteiger charge is -2.28. The van der Waals surface area contributed by atoms with E-state index in [1.807, 2.05) is 85.9 Å². The number of carbonyl (C=O) groups excluding carboxylic acids is 2. The maximum atomic E-state index is 13.4. The molecule has 1 amide bonds. The highest BCUT2D eigenvalue weighted by Gasteiger charge is 2.25. The summed E-state index contributed by atoms with van der Waals surface area (Å²) in [5.41, 5.74) is 5.62. The van der Waals surface area contributed by atoms with Crippen molar-refractivity contribution in [3.05, 3.63) is 90.3 Å². The third-order valence-corrected chi connectivity index (χ3v) is 6.04. The Morgan fingerprint density at radius 2 is 1.61 bits per heavy atom. The molecule has 0 saturated carbocycles. The number of fused-ring (bicyclic) bond motifs is 1. The third kappa shape index (κ3) is 4.13. The zero-order valence-corrected chi connectivity index (χ0v) is 18.5. The number of rotatable bonds is 5. The van der Waals surface area contributed by atoms with Crippen molar-refractivity contribution in [3.8, 4) is 11.1 Å². The molecule has 1 saturated heterocycles. The van der Waals surface area contributed by atoms with E-state index in [0.717, 1.165) is 41.0 Å². The number of pyridine rings is 1. The molecule has 0 radical (unpaired) electrons. The van der Waals surface area contributed by atoms with E-state index in [2.05, 4.69) is 10.2 Å². The first-order chi connectivity index (χ1) is 16.1. The molecule has 0 aliphatic carbocycles. The molecular formula is C27H25N3O3. The van der Waals surface area contributed by atoms with E-state index in [1.54, 1.807) is 4.40 Å². The second-order valence-corrected chi connectivity index (χ2v) is 8.15. The average Bonchev–Trinajstić information content (AvgIpc) is 3.24. The highest BCUT2D eigenvalue weighted by molar-refractivity contribution is 6.47. The molecule has 6 heteroatoms. The molecule has 5 rings (SSSR count). The van der Waals surface area contributed by atoms with Gasteiger partial charge < -0.3 is 19.4 Å². The molecule has 1 fully saturated rings. The summed E-state index contributed by atoms with van der Waals surface area (Å²) < 4.78 is 7.18. The SMILES string of the molecule is Cc1ccccc1-c1cc2ccccn2c1C(=O)C(=O)Nc1ccc(N2CCOCC2)cc1. The first-order valence-corrected chi connectivity index (χ1v) is 11.1. The summed E-state index contributed by atoms with van der Waals surface area (Å²) in [7, 11) is 0. The number of anilines is 2. The van der Waals surface area contributed by atoms with Crippen molar-refractivity contribution in [3.63, 3.8) is 0 Å². The molecular weight excluding hydrogens is 414 g/mol. The topological polar surface area (TPSA) is 63.0 Å². The first kappa shape index (κ1) is 21.0. The summed E-state index contributed by atoms with van der Waals surface area (Å²) in [6, 6.07) is 23.1. The van der Waals surface area contributed by atoms with Crippen LogP contribution in [0.5, 0.6) is 0 Å². The van der Waals surface area contributed by atoms with Crippen molar-refractivity contribution < 1.29 is 14.3 Å². The number of morpholine rings is 1. The second kappa shape index (κ2) is 8.92. The van der Waals surface area contributed by atoms with Crippen LogP contribution in [-0.4, -0.2) is 42.4 Å². The number of ketones is 1. The van der Waals surface area contributed by atoms with Crippen molar-refractivity contribution in [1.29, 1.82) is 0 Å². The first-order valence-electron chi connectivity index (χ1n) is 11.1. The molecule has 1 aliphatic rings. The Bertz CT molecular complexity index is 1320. The molecule has 2 aromatic carbocycles. The minimum absolute atomic E-state index is 0.363. The van der Waals surface area contributed by atoms with E-state index in [0.29, 0.717) is 24.6 Å². The van der Waals surface area contributed by atoms with Crippen molar-refractivity contribution in [2.75, 3.05) is 36.5 Å². The highest BCUT2D eigenvalue weighted by Crippen LogP contribution is 2.31. The van der Waals surface area contributed by atoms with E-state index in [4.69, 9.17) is 4.74 Å². The smallest absolute Gasteiger partial charge is 0.298 e. The van der Waals surface area contributed by atoms with Crippen molar-refractivity contribution in [2.45, 2.75) is 6.92 Å². The van der Waals surface area contributed by atoms with E-state index in [-0.39, 0.29) is 0 Å². The molecule has 1 aliphatic heterocycles. The summed E-state index contributed by atoms with van der Waals surface area (Å²) in [5.74, 6) is -1.23. The van der Waals surface area contributed by atoms with Crippen molar-refractivity contribution >= 4 is 28.6 Å². The fourth-order valence-corrected chi connectivity index (χ4v) is 4.31. The van der Waals surface area contributed by atoms with Gasteiger partial charge in [0.2, 0.25) is 0 Å². The summed E-state index contributed by atoms with van der Waals surface area (Å²) in [4.78, 5) is 28.6. The van der Waals surface area contributed by atoms with E-state index < -0.39 is 11.7 Å². The number of aryl methyl sites for hydroxylation is 1. The van der Waals surface area contributed by atoms with Gasteiger partial charge in [-0.2, -0.15) is 0 Å². The standard InChI is InChI=1S/C27H25N3O3/c1-19-6-2-3-8-23(19)24-18-22-7-4-5-13-30(22)25(24)26(31)27(32)28-20-9-11-21(12-10-20)29-14-16-33-17-15-29/h2-13,18H,14-17H2,1H3,(H,28,32). The molecule has 6 nitrogen and oxygen atoms in total. The summed E-state index contributed by atoms with van der Waals surface area (Å²) in [5, 5.41) is 2.77. The van der Waals surface area contributed by atoms with Crippen molar-refractivity contribution in [1.82, 2.24) is 4.40 Å². The van der Waals surface area contributed by atoms with Gasteiger partial charge in [-0.25, -0.2) is 0 Å². The fraction of sp³-hybridized carbons (Fsp3) is 0.185. The largest absolute Gasteiger partial charge is 0.378 e. The van der Waals surface area contributed by atoms with E-state index >= 15 is 0 Å². The van der Waals surface area contributed by atoms with Crippen LogP contribution in [0.1, 0.15) is 16.1 Å². The molecule has 2 aromatic heterocycles. The Labute approximate surface area is 192 Å². The maximum Gasteiger partial charge on any atom is 0.298 e. The average molecular weight is 440 g/mol. The number of ether oxygens (including phenoxy) is 1. The lowest BCUT2D eigenvalue weighted by molar-refractivity contribution is -0.112. The Hall–Kier alpha value is -3.90. The second-order valence-electron chi connectivity index (χ2n) is 8.15. The number of hydrogen-bond donors (Lipinski definition) is 1. The van der Waals surface area contributed by atoms with Gasteiger partial charge in [-0.05, 0) is 60.5 Å². The van der Waals surface area contributed by atoms with Crippen LogP contribution in [0.25, 0.3) is 16.6 Å². The Balaban J connectivity index is 1.43. The number of Topliss-reactive ketones (excluding diaryl/α,β-unsaturated/α-hetero) is 1. The lowest BCUT2D eigenvalue weighted by atomic mass is 9.99. The molecule has 166 valence electrons. The Morgan fingerprint density at radius 1 is 0.879 bits per heavy atom. The quantitative estimate of drug-likeness (QED) is 0.365. The molecule has 0 bridgehead atoms. The van der Waals surface area contributed by atoms with Crippen LogP contribution in [0.15, 0.2) is 79.0 Å². The zero-order chi connectivity index (χ0) is 22.8. The summed E-state index contributed by atoms with van der Waals surface area (Å²) >= 11 is 0. The maximum absolute atomic E-state index is 13.4. The van der Waals surface area contributed by atoms with Crippen LogP contribution in [0, 0.1) is 6.92 Å². The molecule has 0 unspecified atom stereocenters. The van der Waals surface area contributed by atoms with Crippen LogP contribution in [0.3, 0.4) is 0 Å². The van der Waals surface area contributed by atoms with Gasteiger partial charge in [-0.3, -0.25) is 9.59 Å². The predicted molar refractivity (Wildman–Crippen MR) is 130 cm³/mol. The van der Waals surface area contributed by atoms with Crippen LogP contribution in [0.2, 0.25) is 0 Å². The van der Waals surface area contributed by atoms with Crippen LogP contribution in [-0.2, 0) is 9.53 Å². The fourth-order valence-electron chi connectivity index (χ4n) is 4.31. The normalized spacial score (nSPS) is 13.8. The number of amides is 1. The number of aromatic nitrogens is 1. The molecule has 4 aromatic rings. The number of carbonyl (C=O) groups is 2. The molecule has 3 heterocycles. The number of nitrogens with one attached hydrogen (secondary N) is 1. The lowest BCUT2D eigenvalue weighted by Crippen LogP contribution is -2.36. The summed E-state index contributed by atoms with van der Waals surface area (Å²) in [6.45, 7) is 5.10. The predicted octanol–water partition coefficient (Wildman–Crippen LogP) is 4.57. The third-order valence-electron chi connectivity index (χ3n) is 6.04. The molecule has 0 atom stereocenters. The van der Waals surface area contributed by atoms with Crippen molar-refractivity contribution in [2.24, 2.45) is 0 Å².